The summed E-state index contributed by atoms with van der Waals surface area (Å²) in [5.41, 5.74) is -0.314. The molecule has 1 heterocycles. The maximum atomic E-state index is 11.7. The van der Waals surface area contributed by atoms with Crippen LogP contribution < -0.4 is 0 Å². The third-order valence-electron chi connectivity index (χ3n) is 2.70. The van der Waals surface area contributed by atoms with Gasteiger partial charge in [0.1, 0.15) is 5.78 Å². The summed E-state index contributed by atoms with van der Waals surface area (Å²) in [6.45, 7) is 6.67. The second-order valence-electron chi connectivity index (χ2n) is 5.32. The molecule has 1 saturated heterocycles. The molecule has 0 aromatic heterocycles. The molecule has 0 spiro atoms. The van der Waals surface area contributed by atoms with Crippen molar-refractivity contribution < 1.29 is 13.2 Å². The molecule has 0 aromatic carbocycles. The van der Waals surface area contributed by atoms with E-state index in [2.05, 4.69) is 0 Å². The van der Waals surface area contributed by atoms with E-state index in [1.54, 1.807) is 0 Å². The molecule has 0 bridgehead atoms. The highest BCUT2D eigenvalue weighted by Crippen LogP contribution is 2.26. The molecule has 1 fully saturated rings. The van der Waals surface area contributed by atoms with Crippen molar-refractivity contribution in [1.82, 2.24) is 4.31 Å². The number of hydrogen-bond acceptors (Lipinski definition) is 3. The SMILES string of the molecule is CC(C)(C)C(=O)CC1CN(S(C)(=O)=O)C1. The number of nitrogens with zero attached hydrogens (tertiary/aromatic N) is 1. The zero-order chi connectivity index (χ0) is 11.9. The molecule has 0 N–H and O–H groups in total. The smallest absolute Gasteiger partial charge is 0.211 e. The quantitative estimate of drug-likeness (QED) is 0.727. The van der Waals surface area contributed by atoms with E-state index in [4.69, 9.17) is 0 Å². The molecule has 4 nitrogen and oxygen atoms in total. The molecule has 5 heteroatoms. The fraction of sp³-hybridized carbons (Fsp3) is 0.900. The van der Waals surface area contributed by atoms with Crippen molar-refractivity contribution in [3.8, 4) is 0 Å². The summed E-state index contributed by atoms with van der Waals surface area (Å²) in [6.07, 6.45) is 1.70. The van der Waals surface area contributed by atoms with Crippen LogP contribution in [-0.4, -0.2) is 37.9 Å². The van der Waals surface area contributed by atoms with Gasteiger partial charge in [-0.05, 0) is 5.92 Å². The van der Waals surface area contributed by atoms with Gasteiger partial charge in [0, 0.05) is 24.9 Å². The first-order chi connectivity index (χ1) is 6.60. The van der Waals surface area contributed by atoms with Crippen molar-refractivity contribution in [2.45, 2.75) is 27.2 Å². The molecule has 0 radical (unpaired) electrons. The number of ketones is 1. The first kappa shape index (κ1) is 12.6. The van der Waals surface area contributed by atoms with Gasteiger partial charge in [-0.3, -0.25) is 4.79 Å². The van der Waals surface area contributed by atoms with Crippen LogP contribution in [-0.2, 0) is 14.8 Å². The summed E-state index contributed by atoms with van der Waals surface area (Å²) in [7, 11) is -3.05. The minimum Gasteiger partial charge on any atom is -0.299 e. The van der Waals surface area contributed by atoms with Gasteiger partial charge in [0.25, 0.3) is 0 Å². The topological polar surface area (TPSA) is 54.5 Å². The van der Waals surface area contributed by atoms with Gasteiger partial charge < -0.3 is 0 Å². The van der Waals surface area contributed by atoms with Gasteiger partial charge in [0.15, 0.2) is 0 Å². The molecule has 15 heavy (non-hydrogen) atoms. The van der Waals surface area contributed by atoms with Gasteiger partial charge in [-0.1, -0.05) is 20.8 Å². The fourth-order valence-corrected chi connectivity index (χ4v) is 2.45. The summed E-state index contributed by atoms with van der Waals surface area (Å²) in [4.78, 5) is 11.7. The van der Waals surface area contributed by atoms with Gasteiger partial charge in [-0.25, -0.2) is 12.7 Å². The van der Waals surface area contributed by atoms with Crippen molar-refractivity contribution in [1.29, 1.82) is 0 Å². The molecular formula is C10H19NO3S. The molecule has 1 aliphatic rings. The highest BCUT2D eigenvalue weighted by molar-refractivity contribution is 7.88. The number of Topliss-reactive ketones (excluding diaryl/α,β-unsaturated/α-hetero) is 1. The Balaban J connectivity index is 2.39. The van der Waals surface area contributed by atoms with E-state index < -0.39 is 10.0 Å². The zero-order valence-electron chi connectivity index (χ0n) is 9.78. The lowest BCUT2D eigenvalue weighted by Gasteiger charge is -2.37. The summed E-state index contributed by atoms with van der Waals surface area (Å²) in [6, 6.07) is 0. The Labute approximate surface area is 91.7 Å². The van der Waals surface area contributed by atoms with Crippen molar-refractivity contribution in [3.05, 3.63) is 0 Å². The highest BCUT2D eigenvalue weighted by atomic mass is 32.2. The molecule has 1 aliphatic heterocycles. The molecule has 0 saturated carbocycles. The number of hydrogen-bond donors (Lipinski definition) is 0. The molecule has 88 valence electrons. The Morgan fingerprint density at radius 1 is 1.33 bits per heavy atom. The second-order valence-corrected chi connectivity index (χ2v) is 7.31. The average molecular weight is 233 g/mol. The van der Waals surface area contributed by atoms with E-state index in [9.17, 15) is 13.2 Å². The van der Waals surface area contributed by atoms with Gasteiger partial charge in [0.2, 0.25) is 10.0 Å². The van der Waals surface area contributed by atoms with Gasteiger partial charge >= 0.3 is 0 Å². The van der Waals surface area contributed by atoms with Crippen molar-refractivity contribution in [2.75, 3.05) is 19.3 Å². The lowest BCUT2D eigenvalue weighted by molar-refractivity contribution is -0.128. The monoisotopic (exact) mass is 233 g/mol. The third kappa shape index (κ3) is 3.28. The summed E-state index contributed by atoms with van der Waals surface area (Å²) in [5, 5.41) is 0. The van der Waals surface area contributed by atoms with Crippen LogP contribution in [0.15, 0.2) is 0 Å². The predicted octanol–water partition coefficient (Wildman–Crippen LogP) is 0.883. The standard InChI is InChI=1S/C10H19NO3S/c1-10(2,3)9(12)5-8-6-11(7-8)15(4,13)14/h8H,5-7H2,1-4H3. The van der Waals surface area contributed by atoms with E-state index in [0.717, 1.165) is 0 Å². The van der Waals surface area contributed by atoms with E-state index in [1.807, 2.05) is 20.8 Å². The number of rotatable bonds is 3. The predicted molar refractivity (Wildman–Crippen MR) is 59.0 cm³/mol. The largest absolute Gasteiger partial charge is 0.299 e. The lowest BCUT2D eigenvalue weighted by Crippen LogP contribution is -2.50. The first-order valence-corrected chi connectivity index (χ1v) is 6.94. The average Bonchev–Trinajstić information content (AvgIpc) is 1.90. The van der Waals surface area contributed by atoms with Crippen LogP contribution in [0.3, 0.4) is 0 Å². The Kier molecular flexibility index (Phi) is 3.26. The van der Waals surface area contributed by atoms with Crippen LogP contribution in [0, 0.1) is 11.3 Å². The van der Waals surface area contributed by atoms with E-state index in [1.165, 1.54) is 10.6 Å². The van der Waals surface area contributed by atoms with Crippen molar-refractivity contribution in [2.24, 2.45) is 11.3 Å². The molecule has 0 unspecified atom stereocenters. The molecule has 0 atom stereocenters. The van der Waals surface area contributed by atoms with Crippen LogP contribution >= 0.6 is 0 Å². The molecular weight excluding hydrogens is 214 g/mol. The minimum atomic E-state index is -3.05. The van der Waals surface area contributed by atoms with Crippen molar-refractivity contribution in [3.63, 3.8) is 0 Å². The Morgan fingerprint density at radius 2 is 1.80 bits per heavy atom. The second kappa shape index (κ2) is 3.87. The molecule has 0 aliphatic carbocycles. The number of sulfonamides is 1. The number of carbonyl (C=O) groups is 1. The maximum absolute atomic E-state index is 11.7. The minimum absolute atomic E-state index is 0.209. The molecule has 0 aromatic rings. The van der Waals surface area contributed by atoms with E-state index in [-0.39, 0.29) is 17.1 Å². The van der Waals surface area contributed by atoms with Crippen LogP contribution in [0.1, 0.15) is 27.2 Å². The first-order valence-electron chi connectivity index (χ1n) is 5.09. The highest BCUT2D eigenvalue weighted by Gasteiger charge is 2.36. The maximum Gasteiger partial charge on any atom is 0.211 e. The van der Waals surface area contributed by atoms with Crippen LogP contribution in [0.5, 0.6) is 0 Å². The summed E-state index contributed by atoms with van der Waals surface area (Å²) in [5.74, 6) is 0.423. The third-order valence-corrected chi connectivity index (χ3v) is 3.94. The lowest BCUT2D eigenvalue weighted by atomic mass is 9.83. The normalized spacial score (nSPS) is 20.0. The summed E-state index contributed by atoms with van der Waals surface area (Å²) < 4.78 is 23.6. The Bertz CT molecular complexity index is 347. The zero-order valence-corrected chi connectivity index (χ0v) is 10.6. The van der Waals surface area contributed by atoms with Crippen LogP contribution in [0.4, 0.5) is 0 Å². The molecule has 0 amide bonds. The van der Waals surface area contributed by atoms with Crippen molar-refractivity contribution >= 4 is 15.8 Å². The van der Waals surface area contributed by atoms with E-state index >= 15 is 0 Å². The Hall–Kier alpha value is -0.420. The number of carbonyl (C=O) groups excluding carboxylic acids is 1. The van der Waals surface area contributed by atoms with E-state index in [0.29, 0.717) is 19.5 Å². The van der Waals surface area contributed by atoms with Crippen LogP contribution in [0.2, 0.25) is 0 Å². The summed E-state index contributed by atoms with van der Waals surface area (Å²) >= 11 is 0. The van der Waals surface area contributed by atoms with Crippen LogP contribution in [0.25, 0.3) is 0 Å². The Morgan fingerprint density at radius 3 is 2.13 bits per heavy atom. The molecule has 1 rings (SSSR count). The fourth-order valence-electron chi connectivity index (χ4n) is 1.49. The van der Waals surface area contributed by atoms with Gasteiger partial charge in [-0.15, -0.1) is 0 Å². The van der Waals surface area contributed by atoms with Gasteiger partial charge in [-0.2, -0.15) is 0 Å². The van der Waals surface area contributed by atoms with Gasteiger partial charge in [0.05, 0.1) is 6.26 Å².